The molecular formula is C25H20N4O4S. The standard InChI is InChI=1S/C25H20N4O4S/c30-25(18-4-5-22-21-6-7-26-11-20(21)14-33-23(22)9-18)29-10-16-2-1-3-17(8-16)19-12-27-24(28-13-19)15-34(31)32/h1-9,11-13,34H,10,14-15H2,(H,29,30). The van der Waals surface area contributed by atoms with Crippen LogP contribution in [0.2, 0.25) is 0 Å². The molecule has 0 unspecified atom stereocenters. The molecule has 1 aliphatic rings. The van der Waals surface area contributed by atoms with E-state index in [9.17, 15) is 13.2 Å². The number of thiol groups is 1. The summed E-state index contributed by atoms with van der Waals surface area (Å²) >= 11 is 0. The summed E-state index contributed by atoms with van der Waals surface area (Å²) in [5, 5.41) is 2.95. The highest BCUT2D eigenvalue weighted by molar-refractivity contribution is 7.71. The van der Waals surface area contributed by atoms with Crippen molar-refractivity contribution < 1.29 is 17.9 Å². The second-order valence-corrected chi connectivity index (χ2v) is 8.78. The molecule has 1 N–H and O–H groups in total. The van der Waals surface area contributed by atoms with Gasteiger partial charge in [-0.1, -0.05) is 18.2 Å². The molecule has 5 rings (SSSR count). The molecule has 2 aromatic carbocycles. The van der Waals surface area contributed by atoms with Gasteiger partial charge in [-0.25, -0.2) is 18.4 Å². The fraction of sp³-hybridized carbons (Fsp3) is 0.120. The Hall–Kier alpha value is -4.11. The number of rotatable bonds is 6. The lowest BCUT2D eigenvalue weighted by Gasteiger charge is -2.20. The molecule has 4 aromatic rings. The minimum absolute atomic E-state index is 0.181. The third-order valence-corrected chi connectivity index (χ3v) is 6.05. The van der Waals surface area contributed by atoms with Crippen LogP contribution in [0.4, 0.5) is 0 Å². The summed E-state index contributed by atoms with van der Waals surface area (Å²) in [6.45, 7) is 0.767. The highest BCUT2D eigenvalue weighted by atomic mass is 32.2. The molecule has 2 aromatic heterocycles. The van der Waals surface area contributed by atoms with Crippen molar-refractivity contribution in [2.75, 3.05) is 0 Å². The van der Waals surface area contributed by atoms with Crippen LogP contribution < -0.4 is 10.1 Å². The zero-order chi connectivity index (χ0) is 23.5. The van der Waals surface area contributed by atoms with Gasteiger partial charge in [0.1, 0.15) is 34.6 Å². The van der Waals surface area contributed by atoms with Crippen LogP contribution in [0.1, 0.15) is 27.3 Å². The molecule has 0 spiro atoms. The molecule has 1 aliphatic heterocycles. The Balaban J connectivity index is 1.27. The van der Waals surface area contributed by atoms with E-state index >= 15 is 0 Å². The van der Waals surface area contributed by atoms with E-state index in [4.69, 9.17) is 4.74 Å². The van der Waals surface area contributed by atoms with Gasteiger partial charge in [-0.3, -0.25) is 9.78 Å². The van der Waals surface area contributed by atoms with Gasteiger partial charge in [0.05, 0.1) is 0 Å². The maximum Gasteiger partial charge on any atom is 0.251 e. The number of nitrogens with zero attached hydrogens (tertiary/aromatic N) is 3. The minimum atomic E-state index is -2.57. The van der Waals surface area contributed by atoms with Gasteiger partial charge < -0.3 is 10.1 Å². The van der Waals surface area contributed by atoms with E-state index in [2.05, 4.69) is 20.3 Å². The second-order valence-electron chi connectivity index (χ2n) is 7.79. The van der Waals surface area contributed by atoms with Crippen molar-refractivity contribution in [3.05, 3.63) is 95.8 Å². The quantitative estimate of drug-likeness (QED) is 0.415. The van der Waals surface area contributed by atoms with Gasteiger partial charge in [0, 0.05) is 53.6 Å². The Morgan fingerprint density at radius 2 is 1.82 bits per heavy atom. The first kappa shape index (κ1) is 21.7. The normalized spacial score (nSPS) is 11.9. The molecule has 0 aliphatic carbocycles. The molecule has 0 bridgehead atoms. The molecule has 34 heavy (non-hydrogen) atoms. The van der Waals surface area contributed by atoms with Gasteiger partial charge in [0.15, 0.2) is 0 Å². The monoisotopic (exact) mass is 472 g/mol. The average molecular weight is 473 g/mol. The second kappa shape index (κ2) is 9.40. The summed E-state index contributed by atoms with van der Waals surface area (Å²) < 4.78 is 27.5. The number of pyridine rings is 1. The number of aromatic nitrogens is 3. The highest BCUT2D eigenvalue weighted by Crippen LogP contribution is 2.37. The van der Waals surface area contributed by atoms with Crippen LogP contribution >= 0.6 is 0 Å². The number of ether oxygens (including phenoxy) is 1. The van der Waals surface area contributed by atoms with Crippen LogP contribution in [-0.4, -0.2) is 29.3 Å². The Labute approximate surface area is 197 Å². The highest BCUT2D eigenvalue weighted by Gasteiger charge is 2.19. The van der Waals surface area contributed by atoms with Crippen LogP contribution in [0, 0.1) is 0 Å². The largest absolute Gasteiger partial charge is 0.488 e. The number of benzene rings is 2. The van der Waals surface area contributed by atoms with Crippen molar-refractivity contribution in [3.8, 4) is 28.0 Å². The molecule has 0 saturated carbocycles. The number of nitrogens with one attached hydrogen (secondary N) is 1. The van der Waals surface area contributed by atoms with E-state index in [-0.39, 0.29) is 17.5 Å². The Kier molecular flexibility index (Phi) is 6.01. The molecule has 1 amide bonds. The van der Waals surface area contributed by atoms with Crippen molar-refractivity contribution in [2.24, 2.45) is 0 Å². The SMILES string of the molecule is O=C(NCc1cccc(-c2cnc(C[SH](=O)=O)nc2)c1)c1ccc2c(c1)OCc1cnccc1-2. The number of amides is 1. The Morgan fingerprint density at radius 1 is 0.971 bits per heavy atom. The topological polar surface area (TPSA) is 111 Å². The van der Waals surface area contributed by atoms with Gasteiger partial charge in [-0.05, 0) is 47.0 Å². The van der Waals surface area contributed by atoms with E-state index in [0.29, 0.717) is 24.5 Å². The molecule has 0 radical (unpaired) electrons. The first-order chi connectivity index (χ1) is 16.6. The first-order valence-electron chi connectivity index (χ1n) is 10.6. The summed E-state index contributed by atoms with van der Waals surface area (Å²) in [7, 11) is -2.57. The third kappa shape index (κ3) is 4.65. The van der Waals surface area contributed by atoms with Crippen molar-refractivity contribution in [1.29, 1.82) is 0 Å². The molecule has 8 nitrogen and oxygen atoms in total. The van der Waals surface area contributed by atoms with Crippen LogP contribution in [0.25, 0.3) is 22.3 Å². The summed E-state index contributed by atoms with van der Waals surface area (Å²) in [5.41, 5.74) is 6.11. The maximum absolute atomic E-state index is 12.8. The Bertz CT molecular complexity index is 1440. The van der Waals surface area contributed by atoms with Gasteiger partial charge in [0.25, 0.3) is 5.91 Å². The molecular weight excluding hydrogens is 452 g/mol. The van der Waals surface area contributed by atoms with Crippen molar-refractivity contribution in [3.63, 3.8) is 0 Å². The fourth-order valence-electron chi connectivity index (χ4n) is 3.81. The lowest BCUT2D eigenvalue weighted by Crippen LogP contribution is -2.23. The zero-order valence-corrected chi connectivity index (χ0v) is 18.9. The van der Waals surface area contributed by atoms with Crippen molar-refractivity contribution >= 4 is 16.6 Å². The van der Waals surface area contributed by atoms with Crippen molar-refractivity contribution in [2.45, 2.75) is 18.9 Å². The lowest BCUT2D eigenvalue weighted by atomic mass is 9.97. The van der Waals surface area contributed by atoms with Gasteiger partial charge in [0.2, 0.25) is 0 Å². The van der Waals surface area contributed by atoms with Crippen LogP contribution in [0.5, 0.6) is 5.75 Å². The smallest absolute Gasteiger partial charge is 0.251 e. The van der Waals surface area contributed by atoms with Gasteiger partial charge in [-0.2, -0.15) is 0 Å². The summed E-state index contributed by atoms with van der Waals surface area (Å²) in [6.07, 6.45) is 6.74. The molecule has 3 heterocycles. The van der Waals surface area contributed by atoms with E-state index in [1.165, 1.54) is 0 Å². The molecule has 0 atom stereocenters. The predicted octanol–water partition coefficient (Wildman–Crippen LogP) is 3.14. The predicted molar refractivity (Wildman–Crippen MR) is 127 cm³/mol. The summed E-state index contributed by atoms with van der Waals surface area (Å²) in [5.74, 6) is 0.562. The lowest BCUT2D eigenvalue weighted by molar-refractivity contribution is 0.0950. The van der Waals surface area contributed by atoms with Gasteiger partial charge >= 0.3 is 0 Å². The Morgan fingerprint density at radius 3 is 2.65 bits per heavy atom. The van der Waals surface area contributed by atoms with E-state index in [0.717, 1.165) is 33.4 Å². The summed E-state index contributed by atoms with van der Waals surface area (Å²) in [6, 6.07) is 15.1. The van der Waals surface area contributed by atoms with Crippen molar-refractivity contribution in [1.82, 2.24) is 20.3 Å². The minimum Gasteiger partial charge on any atom is -0.488 e. The van der Waals surface area contributed by atoms with E-state index < -0.39 is 10.7 Å². The zero-order valence-electron chi connectivity index (χ0n) is 18.0. The number of carbonyl (C=O) groups excluding carboxylic acids is 1. The van der Waals surface area contributed by atoms with Gasteiger partial charge in [-0.15, -0.1) is 0 Å². The first-order valence-corrected chi connectivity index (χ1v) is 11.9. The third-order valence-electron chi connectivity index (χ3n) is 5.51. The van der Waals surface area contributed by atoms with E-state index in [1.807, 2.05) is 36.4 Å². The maximum atomic E-state index is 12.8. The van der Waals surface area contributed by atoms with Crippen LogP contribution in [0.15, 0.2) is 73.3 Å². The van der Waals surface area contributed by atoms with Crippen LogP contribution in [0.3, 0.4) is 0 Å². The molecule has 170 valence electrons. The average Bonchev–Trinajstić information content (AvgIpc) is 2.87. The number of fused-ring (bicyclic) bond motifs is 3. The number of hydrogen-bond donors (Lipinski definition) is 2. The number of hydrogen-bond acceptors (Lipinski definition) is 7. The summed E-state index contributed by atoms with van der Waals surface area (Å²) in [4.78, 5) is 25.1. The fourth-order valence-corrected chi connectivity index (χ4v) is 4.21. The molecule has 0 saturated heterocycles. The molecule has 0 fully saturated rings. The van der Waals surface area contributed by atoms with E-state index in [1.54, 1.807) is 36.9 Å². The molecule has 9 heteroatoms. The van der Waals surface area contributed by atoms with Crippen LogP contribution in [-0.2, 0) is 29.6 Å². The number of carbonyl (C=O) groups is 1.